The van der Waals surface area contributed by atoms with E-state index >= 15 is 0 Å². The Balaban J connectivity index is 3.16. The molecule has 0 aromatic carbocycles. The van der Waals surface area contributed by atoms with Crippen molar-refractivity contribution in [1.29, 1.82) is 0 Å². The van der Waals surface area contributed by atoms with E-state index in [1.807, 2.05) is 0 Å². The van der Waals surface area contributed by atoms with E-state index in [1.165, 1.54) is 19.3 Å². The highest BCUT2D eigenvalue weighted by Crippen LogP contribution is 2.07. The molecule has 0 saturated heterocycles. The molecule has 0 aliphatic heterocycles. The summed E-state index contributed by atoms with van der Waals surface area (Å²) in [5.41, 5.74) is 0.289. The summed E-state index contributed by atoms with van der Waals surface area (Å²) in [5, 5.41) is 12.1. The third-order valence-electron chi connectivity index (χ3n) is 2.57. The van der Waals surface area contributed by atoms with Gasteiger partial charge in [0.15, 0.2) is 0 Å². The van der Waals surface area contributed by atoms with Gasteiger partial charge in [-0.05, 0) is 39.7 Å². The summed E-state index contributed by atoms with van der Waals surface area (Å²) in [4.78, 5) is 0. The van der Waals surface area contributed by atoms with Crippen LogP contribution in [-0.2, 0) is 0 Å². The van der Waals surface area contributed by atoms with Gasteiger partial charge >= 0.3 is 0 Å². The van der Waals surface area contributed by atoms with Crippen LogP contribution in [0.1, 0.15) is 52.9 Å². The maximum Gasteiger partial charge on any atom is 0.0431 e. The molecule has 2 nitrogen and oxygen atoms in total. The molecule has 0 saturated carbocycles. The third-order valence-corrected chi connectivity index (χ3v) is 2.57. The average Bonchev–Trinajstić information content (AvgIpc) is 2.11. The van der Waals surface area contributed by atoms with Crippen molar-refractivity contribution in [3.05, 3.63) is 0 Å². The van der Waals surface area contributed by atoms with Crippen LogP contribution in [0.25, 0.3) is 0 Å². The van der Waals surface area contributed by atoms with E-state index in [1.54, 1.807) is 0 Å². The first kappa shape index (κ1) is 12.9. The molecular formula is C11H25NO. The Bertz CT molecular complexity index is 113. The van der Waals surface area contributed by atoms with Crippen molar-refractivity contribution < 1.29 is 5.11 Å². The van der Waals surface area contributed by atoms with Gasteiger partial charge in [-0.1, -0.05) is 19.8 Å². The van der Waals surface area contributed by atoms with E-state index in [4.69, 9.17) is 5.11 Å². The minimum absolute atomic E-state index is 0.289. The summed E-state index contributed by atoms with van der Waals surface area (Å²) in [6.07, 6.45) is 5.74. The monoisotopic (exact) mass is 187 g/mol. The Labute approximate surface area is 82.7 Å². The minimum Gasteiger partial charge on any atom is -0.396 e. The lowest BCUT2D eigenvalue weighted by atomic mass is 10.0. The van der Waals surface area contributed by atoms with Crippen molar-refractivity contribution in [3.8, 4) is 0 Å². The van der Waals surface area contributed by atoms with Crippen molar-refractivity contribution in [1.82, 2.24) is 5.32 Å². The predicted molar refractivity (Wildman–Crippen MR) is 57.9 cm³/mol. The van der Waals surface area contributed by atoms with Crippen LogP contribution in [0, 0.1) is 0 Å². The van der Waals surface area contributed by atoms with Crippen LogP contribution in [0.3, 0.4) is 0 Å². The van der Waals surface area contributed by atoms with Gasteiger partial charge in [0, 0.05) is 12.1 Å². The van der Waals surface area contributed by atoms with Crippen LogP contribution >= 0.6 is 0 Å². The Morgan fingerprint density at radius 2 is 1.69 bits per heavy atom. The van der Waals surface area contributed by atoms with Gasteiger partial charge < -0.3 is 10.4 Å². The molecule has 0 aromatic heterocycles. The van der Waals surface area contributed by atoms with E-state index < -0.39 is 0 Å². The lowest BCUT2D eigenvalue weighted by Gasteiger charge is -2.24. The molecule has 80 valence electrons. The number of aliphatic hydroxyl groups is 1. The van der Waals surface area contributed by atoms with E-state index in [0.29, 0.717) is 6.61 Å². The molecule has 0 fully saturated rings. The first-order valence-electron chi connectivity index (χ1n) is 5.48. The summed E-state index contributed by atoms with van der Waals surface area (Å²) in [6.45, 7) is 8.13. The van der Waals surface area contributed by atoms with Gasteiger partial charge in [0.1, 0.15) is 0 Å². The van der Waals surface area contributed by atoms with Crippen molar-refractivity contribution in [2.45, 2.75) is 58.4 Å². The summed E-state index contributed by atoms with van der Waals surface area (Å²) in [7, 11) is 0. The van der Waals surface area contributed by atoms with Gasteiger partial charge in [0.25, 0.3) is 0 Å². The summed E-state index contributed by atoms with van der Waals surface area (Å²) in [6, 6.07) is 0. The van der Waals surface area contributed by atoms with Crippen LogP contribution in [0.4, 0.5) is 0 Å². The molecule has 0 radical (unpaired) electrons. The standard InChI is InChI=1S/C11H25NO/c1-4-11(2,3)12-9-7-5-6-8-10-13/h12-13H,4-10H2,1-3H3. The Hall–Kier alpha value is -0.0800. The molecule has 0 unspecified atom stereocenters. The van der Waals surface area contributed by atoms with Crippen molar-refractivity contribution in [2.75, 3.05) is 13.2 Å². The van der Waals surface area contributed by atoms with Crippen molar-refractivity contribution >= 4 is 0 Å². The normalized spacial score (nSPS) is 12.0. The number of hydrogen-bond acceptors (Lipinski definition) is 2. The Kier molecular flexibility index (Phi) is 7.29. The lowest BCUT2D eigenvalue weighted by Crippen LogP contribution is -2.38. The number of rotatable bonds is 8. The Morgan fingerprint density at radius 1 is 1.08 bits per heavy atom. The fraction of sp³-hybridized carbons (Fsp3) is 1.00. The van der Waals surface area contributed by atoms with Gasteiger partial charge in [-0.2, -0.15) is 0 Å². The molecule has 0 aliphatic rings. The zero-order valence-corrected chi connectivity index (χ0v) is 9.40. The zero-order chi connectivity index (χ0) is 10.2. The van der Waals surface area contributed by atoms with Gasteiger partial charge in [-0.3, -0.25) is 0 Å². The smallest absolute Gasteiger partial charge is 0.0431 e. The molecule has 0 atom stereocenters. The maximum atomic E-state index is 8.57. The highest BCUT2D eigenvalue weighted by molar-refractivity contribution is 4.74. The molecule has 2 N–H and O–H groups in total. The van der Waals surface area contributed by atoms with E-state index in [2.05, 4.69) is 26.1 Å². The summed E-state index contributed by atoms with van der Waals surface area (Å²) >= 11 is 0. The summed E-state index contributed by atoms with van der Waals surface area (Å²) < 4.78 is 0. The van der Waals surface area contributed by atoms with Gasteiger partial charge in [-0.15, -0.1) is 0 Å². The largest absolute Gasteiger partial charge is 0.396 e. The van der Waals surface area contributed by atoms with Gasteiger partial charge in [-0.25, -0.2) is 0 Å². The second-order valence-corrected chi connectivity index (χ2v) is 4.30. The third kappa shape index (κ3) is 8.26. The lowest BCUT2D eigenvalue weighted by molar-refractivity contribution is 0.281. The van der Waals surface area contributed by atoms with Crippen molar-refractivity contribution in [2.24, 2.45) is 0 Å². The number of hydrogen-bond donors (Lipinski definition) is 2. The second kappa shape index (κ2) is 7.34. The number of aliphatic hydroxyl groups excluding tert-OH is 1. The maximum absolute atomic E-state index is 8.57. The number of nitrogens with one attached hydrogen (secondary N) is 1. The molecule has 0 amide bonds. The highest BCUT2D eigenvalue weighted by atomic mass is 16.2. The Morgan fingerprint density at radius 3 is 2.23 bits per heavy atom. The first-order chi connectivity index (χ1) is 6.12. The van der Waals surface area contributed by atoms with Gasteiger partial charge in [0.05, 0.1) is 0 Å². The SMILES string of the molecule is CCC(C)(C)NCCCCCCO. The van der Waals surface area contributed by atoms with E-state index in [0.717, 1.165) is 19.4 Å². The first-order valence-corrected chi connectivity index (χ1v) is 5.48. The molecule has 0 spiro atoms. The average molecular weight is 187 g/mol. The van der Waals surface area contributed by atoms with E-state index in [-0.39, 0.29) is 5.54 Å². The molecule has 13 heavy (non-hydrogen) atoms. The molecule has 0 bridgehead atoms. The topological polar surface area (TPSA) is 32.3 Å². The quantitative estimate of drug-likeness (QED) is 0.572. The van der Waals surface area contributed by atoms with Gasteiger partial charge in [0.2, 0.25) is 0 Å². The van der Waals surface area contributed by atoms with Crippen LogP contribution in [0.2, 0.25) is 0 Å². The molecule has 0 heterocycles. The van der Waals surface area contributed by atoms with Crippen molar-refractivity contribution in [3.63, 3.8) is 0 Å². The fourth-order valence-electron chi connectivity index (χ4n) is 1.14. The van der Waals surface area contributed by atoms with Crippen LogP contribution in [0.15, 0.2) is 0 Å². The molecule has 2 heteroatoms. The molecule has 0 aliphatic carbocycles. The number of unbranched alkanes of at least 4 members (excludes halogenated alkanes) is 3. The summed E-state index contributed by atoms with van der Waals surface area (Å²) in [5.74, 6) is 0. The molecular weight excluding hydrogens is 162 g/mol. The molecule has 0 rings (SSSR count). The molecule has 0 aromatic rings. The fourth-order valence-corrected chi connectivity index (χ4v) is 1.14. The highest BCUT2D eigenvalue weighted by Gasteiger charge is 2.12. The van der Waals surface area contributed by atoms with Crippen LogP contribution in [0.5, 0.6) is 0 Å². The zero-order valence-electron chi connectivity index (χ0n) is 9.40. The second-order valence-electron chi connectivity index (χ2n) is 4.30. The minimum atomic E-state index is 0.289. The van der Waals surface area contributed by atoms with Crippen LogP contribution in [-0.4, -0.2) is 23.8 Å². The van der Waals surface area contributed by atoms with E-state index in [9.17, 15) is 0 Å². The predicted octanol–water partition coefficient (Wildman–Crippen LogP) is 2.32. The van der Waals surface area contributed by atoms with Crippen LogP contribution < -0.4 is 5.32 Å².